The molecule has 6 heteroatoms. The minimum Gasteiger partial charge on any atom is -0.496 e. The minimum atomic E-state index is 0.00324. The van der Waals surface area contributed by atoms with Gasteiger partial charge in [0.2, 0.25) is 5.91 Å². The van der Waals surface area contributed by atoms with Crippen LogP contribution in [0.15, 0.2) is 42.6 Å². The number of nitriles is 1. The van der Waals surface area contributed by atoms with E-state index >= 15 is 0 Å². The lowest BCUT2D eigenvalue weighted by atomic mass is 10.0. The van der Waals surface area contributed by atoms with Crippen LogP contribution < -0.4 is 15.0 Å². The predicted molar refractivity (Wildman–Crippen MR) is 99.0 cm³/mol. The number of piperidine rings is 1. The van der Waals surface area contributed by atoms with Gasteiger partial charge >= 0.3 is 0 Å². The van der Waals surface area contributed by atoms with Gasteiger partial charge in [-0.1, -0.05) is 18.2 Å². The van der Waals surface area contributed by atoms with Crippen molar-refractivity contribution in [1.82, 2.24) is 10.3 Å². The molecule has 0 bridgehead atoms. The number of rotatable bonds is 5. The lowest BCUT2D eigenvalue weighted by Crippen LogP contribution is -2.45. The van der Waals surface area contributed by atoms with Crippen molar-refractivity contribution in [1.29, 1.82) is 5.26 Å². The molecule has 1 N–H and O–H groups in total. The van der Waals surface area contributed by atoms with Crippen LogP contribution in [0.5, 0.6) is 5.75 Å². The minimum absolute atomic E-state index is 0.00324. The van der Waals surface area contributed by atoms with Crippen LogP contribution >= 0.6 is 0 Å². The molecule has 1 aromatic carbocycles. The Kier molecular flexibility index (Phi) is 5.69. The Morgan fingerprint density at radius 1 is 1.31 bits per heavy atom. The average Bonchev–Trinajstić information content (AvgIpc) is 2.69. The molecule has 2 heterocycles. The molecule has 26 heavy (non-hydrogen) atoms. The summed E-state index contributed by atoms with van der Waals surface area (Å²) in [6.07, 6.45) is 3.68. The lowest BCUT2D eigenvalue weighted by molar-refractivity contribution is -0.121. The summed E-state index contributed by atoms with van der Waals surface area (Å²) < 4.78 is 5.30. The molecule has 6 nitrogen and oxygen atoms in total. The third-order valence-corrected chi connectivity index (χ3v) is 4.61. The van der Waals surface area contributed by atoms with Crippen LogP contribution in [0.1, 0.15) is 24.0 Å². The first-order valence-electron chi connectivity index (χ1n) is 8.72. The van der Waals surface area contributed by atoms with Gasteiger partial charge in [0.1, 0.15) is 17.6 Å². The quantitative estimate of drug-likeness (QED) is 0.895. The van der Waals surface area contributed by atoms with Gasteiger partial charge in [0.05, 0.1) is 19.1 Å². The number of anilines is 1. The van der Waals surface area contributed by atoms with E-state index in [0.717, 1.165) is 43.1 Å². The highest BCUT2D eigenvalue weighted by Gasteiger charge is 2.23. The van der Waals surface area contributed by atoms with Gasteiger partial charge in [-0.2, -0.15) is 5.26 Å². The number of benzene rings is 1. The van der Waals surface area contributed by atoms with Gasteiger partial charge in [-0.25, -0.2) is 4.98 Å². The second-order valence-corrected chi connectivity index (χ2v) is 6.30. The van der Waals surface area contributed by atoms with E-state index in [4.69, 9.17) is 4.74 Å². The number of hydrogen-bond donors (Lipinski definition) is 1. The summed E-state index contributed by atoms with van der Waals surface area (Å²) in [5.74, 6) is 1.47. The van der Waals surface area contributed by atoms with Crippen molar-refractivity contribution in [2.45, 2.75) is 25.3 Å². The fourth-order valence-corrected chi connectivity index (χ4v) is 3.27. The standard InChI is InChI=1S/C20H22N4O2/c1-26-18-7-3-2-5-15(18)13-19(25)23-17-8-11-24(12-9-17)20-16(14-21)6-4-10-22-20/h2-7,10,17H,8-9,11-13H2,1H3,(H,23,25). The number of methoxy groups -OCH3 is 1. The van der Waals surface area contributed by atoms with Crippen LogP contribution in [0.4, 0.5) is 5.82 Å². The van der Waals surface area contributed by atoms with Crippen molar-refractivity contribution in [3.63, 3.8) is 0 Å². The maximum Gasteiger partial charge on any atom is 0.224 e. The van der Waals surface area contributed by atoms with Crippen molar-refractivity contribution in [2.75, 3.05) is 25.1 Å². The SMILES string of the molecule is COc1ccccc1CC(=O)NC1CCN(c2ncccc2C#N)CC1. The van der Waals surface area contributed by atoms with E-state index in [9.17, 15) is 10.1 Å². The number of hydrogen-bond acceptors (Lipinski definition) is 5. The third kappa shape index (κ3) is 4.12. The zero-order valence-corrected chi connectivity index (χ0v) is 14.8. The van der Waals surface area contributed by atoms with E-state index in [1.54, 1.807) is 25.4 Å². The van der Waals surface area contributed by atoms with E-state index in [0.29, 0.717) is 12.0 Å². The van der Waals surface area contributed by atoms with Gasteiger partial charge in [0.25, 0.3) is 0 Å². The molecule has 2 aromatic rings. The monoisotopic (exact) mass is 350 g/mol. The number of nitrogens with one attached hydrogen (secondary N) is 1. The molecule has 0 spiro atoms. The summed E-state index contributed by atoms with van der Waals surface area (Å²) in [4.78, 5) is 18.8. The molecule has 3 rings (SSSR count). The fraction of sp³-hybridized carbons (Fsp3) is 0.350. The van der Waals surface area contributed by atoms with Crippen molar-refractivity contribution in [3.05, 3.63) is 53.7 Å². The van der Waals surface area contributed by atoms with Crippen molar-refractivity contribution >= 4 is 11.7 Å². The number of aromatic nitrogens is 1. The number of carbonyl (C=O) groups is 1. The van der Waals surface area contributed by atoms with E-state index in [2.05, 4.69) is 21.3 Å². The van der Waals surface area contributed by atoms with Crippen LogP contribution in [-0.2, 0) is 11.2 Å². The number of nitrogens with zero attached hydrogens (tertiary/aromatic N) is 3. The van der Waals surface area contributed by atoms with Crippen LogP contribution in [0.25, 0.3) is 0 Å². The summed E-state index contributed by atoms with van der Waals surface area (Å²) in [6, 6.07) is 13.4. The predicted octanol–water partition coefficient (Wildman–Crippen LogP) is 2.29. The highest BCUT2D eigenvalue weighted by atomic mass is 16.5. The molecular weight excluding hydrogens is 328 g/mol. The van der Waals surface area contributed by atoms with Crippen LogP contribution in [0.3, 0.4) is 0 Å². The van der Waals surface area contributed by atoms with Crippen LogP contribution in [-0.4, -0.2) is 37.1 Å². The Hall–Kier alpha value is -3.07. The van der Waals surface area contributed by atoms with Gasteiger partial charge in [0.15, 0.2) is 0 Å². The first-order valence-corrected chi connectivity index (χ1v) is 8.72. The second kappa shape index (κ2) is 8.34. The average molecular weight is 350 g/mol. The smallest absolute Gasteiger partial charge is 0.224 e. The Labute approximate surface area is 153 Å². The second-order valence-electron chi connectivity index (χ2n) is 6.30. The molecule has 1 aliphatic rings. The zero-order chi connectivity index (χ0) is 18.4. The Morgan fingerprint density at radius 3 is 2.81 bits per heavy atom. The van der Waals surface area contributed by atoms with Gasteiger partial charge in [-0.05, 0) is 31.0 Å². The Morgan fingerprint density at radius 2 is 2.08 bits per heavy atom. The zero-order valence-electron chi connectivity index (χ0n) is 14.8. The largest absolute Gasteiger partial charge is 0.496 e. The number of amides is 1. The van der Waals surface area contributed by atoms with Crippen molar-refractivity contribution in [3.8, 4) is 11.8 Å². The number of pyridine rings is 1. The van der Waals surface area contributed by atoms with Gasteiger partial charge in [-0.15, -0.1) is 0 Å². The van der Waals surface area contributed by atoms with E-state index < -0.39 is 0 Å². The summed E-state index contributed by atoms with van der Waals surface area (Å²) in [5, 5.41) is 12.3. The fourth-order valence-electron chi connectivity index (χ4n) is 3.27. The normalized spacial score (nSPS) is 14.5. The summed E-state index contributed by atoms with van der Waals surface area (Å²) in [5.41, 5.74) is 1.48. The third-order valence-electron chi connectivity index (χ3n) is 4.61. The molecular formula is C20H22N4O2. The number of carbonyl (C=O) groups excluding carboxylic acids is 1. The summed E-state index contributed by atoms with van der Waals surface area (Å²) >= 11 is 0. The Bertz CT molecular complexity index is 807. The number of para-hydroxylation sites is 1. The molecule has 1 aliphatic heterocycles. The van der Waals surface area contributed by atoms with Gasteiger partial charge in [0, 0.05) is 30.9 Å². The summed E-state index contributed by atoms with van der Waals surface area (Å²) in [6.45, 7) is 1.54. The molecule has 0 aliphatic carbocycles. The van der Waals surface area contributed by atoms with Crippen molar-refractivity contribution in [2.24, 2.45) is 0 Å². The molecule has 0 atom stereocenters. The highest BCUT2D eigenvalue weighted by molar-refractivity contribution is 5.79. The topological polar surface area (TPSA) is 78.2 Å². The van der Waals surface area contributed by atoms with E-state index in [1.807, 2.05) is 24.3 Å². The first-order chi connectivity index (χ1) is 12.7. The molecule has 0 saturated carbocycles. The van der Waals surface area contributed by atoms with Crippen molar-refractivity contribution < 1.29 is 9.53 Å². The molecule has 1 aromatic heterocycles. The summed E-state index contributed by atoms with van der Waals surface area (Å²) in [7, 11) is 1.61. The highest BCUT2D eigenvalue weighted by Crippen LogP contribution is 2.22. The molecule has 1 fully saturated rings. The number of ether oxygens (including phenoxy) is 1. The van der Waals surface area contributed by atoms with E-state index in [1.165, 1.54) is 0 Å². The van der Waals surface area contributed by atoms with Gasteiger partial charge in [-0.3, -0.25) is 4.79 Å². The van der Waals surface area contributed by atoms with E-state index in [-0.39, 0.29) is 11.9 Å². The van der Waals surface area contributed by atoms with Crippen LogP contribution in [0.2, 0.25) is 0 Å². The maximum absolute atomic E-state index is 12.4. The molecule has 134 valence electrons. The lowest BCUT2D eigenvalue weighted by Gasteiger charge is -2.33. The molecule has 1 saturated heterocycles. The Balaban J connectivity index is 1.54. The maximum atomic E-state index is 12.4. The molecule has 0 unspecified atom stereocenters. The van der Waals surface area contributed by atoms with Crippen LogP contribution in [0, 0.1) is 11.3 Å². The molecule has 0 radical (unpaired) electrons. The van der Waals surface area contributed by atoms with Gasteiger partial charge < -0.3 is 15.0 Å². The first kappa shape index (κ1) is 17.7. The molecule has 1 amide bonds.